The van der Waals surface area contributed by atoms with Gasteiger partial charge in [0.15, 0.2) is 5.17 Å². The fourth-order valence-corrected chi connectivity index (χ4v) is 4.17. The van der Waals surface area contributed by atoms with Crippen LogP contribution in [0.5, 0.6) is 5.75 Å². The molecule has 0 saturated carbocycles. The van der Waals surface area contributed by atoms with Crippen LogP contribution in [0.25, 0.3) is 6.08 Å². The Labute approximate surface area is 194 Å². The Morgan fingerprint density at radius 2 is 2.03 bits per heavy atom. The summed E-state index contributed by atoms with van der Waals surface area (Å²) >= 11 is 4.75. The molecule has 162 valence electrons. The fourth-order valence-electron chi connectivity index (χ4n) is 2.81. The van der Waals surface area contributed by atoms with Crippen LogP contribution in [0.4, 0.5) is 5.69 Å². The van der Waals surface area contributed by atoms with Crippen molar-refractivity contribution in [2.24, 2.45) is 4.99 Å². The molecule has 1 heterocycles. The maximum atomic E-state index is 12.8. The van der Waals surface area contributed by atoms with Gasteiger partial charge in [0.25, 0.3) is 5.91 Å². The van der Waals surface area contributed by atoms with Crippen LogP contribution < -0.4 is 4.74 Å². The number of amides is 1. The molecule has 1 saturated heterocycles. The Bertz CT molecular complexity index is 1070. The van der Waals surface area contributed by atoms with E-state index in [1.54, 1.807) is 38.2 Å². The molecule has 0 radical (unpaired) electrons. The first-order chi connectivity index (χ1) is 14.8. The van der Waals surface area contributed by atoms with Gasteiger partial charge in [-0.2, -0.15) is 0 Å². The SMILES string of the molecule is CCOC(=O)c1cccc(N=C2SC(=Cc3cc(Br)ccc3OC(C)C)C(=O)N2C)c1. The Balaban J connectivity index is 1.91. The number of carbonyl (C=O) groups is 2. The van der Waals surface area contributed by atoms with Crippen molar-refractivity contribution in [3.63, 3.8) is 0 Å². The van der Waals surface area contributed by atoms with Crippen LogP contribution in [0, 0.1) is 0 Å². The smallest absolute Gasteiger partial charge is 0.338 e. The molecule has 0 unspecified atom stereocenters. The highest BCUT2D eigenvalue weighted by atomic mass is 79.9. The van der Waals surface area contributed by atoms with Crippen LogP contribution in [-0.4, -0.2) is 41.7 Å². The minimum absolute atomic E-state index is 0.0109. The van der Waals surface area contributed by atoms with Crippen molar-refractivity contribution in [3.8, 4) is 5.75 Å². The molecule has 1 aliphatic rings. The van der Waals surface area contributed by atoms with Crippen molar-refractivity contribution >= 4 is 56.5 Å². The van der Waals surface area contributed by atoms with Gasteiger partial charge in [-0.1, -0.05) is 22.0 Å². The quantitative estimate of drug-likeness (QED) is 0.377. The van der Waals surface area contributed by atoms with Gasteiger partial charge in [-0.15, -0.1) is 0 Å². The monoisotopic (exact) mass is 502 g/mol. The van der Waals surface area contributed by atoms with E-state index in [0.29, 0.717) is 33.7 Å². The van der Waals surface area contributed by atoms with E-state index < -0.39 is 5.97 Å². The summed E-state index contributed by atoms with van der Waals surface area (Å²) in [6.07, 6.45) is 1.82. The number of likely N-dealkylation sites (N-methyl/N-ethyl adjacent to an activating group) is 1. The first-order valence-corrected chi connectivity index (χ1v) is 11.4. The Kier molecular flexibility index (Phi) is 7.56. The summed E-state index contributed by atoms with van der Waals surface area (Å²) in [5, 5.41) is 0.526. The maximum absolute atomic E-state index is 12.8. The van der Waals surface area contributed by atoms with Crippen LogP contribution >= 0.6 is 27.7 Å². The third-order valence-corrected chi connectivity index (χ3v) is 5.76. The molecule has 0 N–H and O–H groups in total. The van der Waals surface area contributed by atoms with Gasteiger partial charge in [-0.05, 0) is 75.0 Å². The van der Waals surface area contributed by atoms with Crippen molar-refractivity contribution in [2.75, 3.05) is 13.7 Å². The summed E-state index contributed by atoms with van der Waals surface area (Å²) in [7, 11) is 1.68. The maximum Gasteiger partial charge on any atom is 0.338 e. The lowest BCUT2D eigenvalue weighted by Crippen LogP contribution is -2.23. The molecule has 0 bridgehead atoms. The fraction of sp³-hybridized carbons (Fsp3) is 0.261. The average Bonchev–Trinajstić information content (AvgIpc) is 2.98. The molecule has 1 amide bonds. The van der Waals surface area contributed by atoms with E-state index in [9.17, 15) is 9.59 Å². The molecule has 2 aromatic carbocycles. The molecule has 0 aliphatic carbocycles. The van der Waals surface area contributed by atoms with Crippen molar-refractivity contribution in [1.29, 1.82) is 0 Å². The molecule has 3 rings (SSSR count). The second-order valence-corrected chi connectivity index (χ2v) is 8.91. The molecule has 0 atom stereocenters. The van der Waals surface area contributed by atoms with Gasteiger partial charge < -0.3 is 9.47 Å². The van der Waals surface area contributed by atoms with Gasteiger partial charge in [0.05, 0.1) is 28.9 Å². The number of esters is 1. The minimum Gasteiger partial charge on any atom is -0.490 e. The van der Waals surface area contributed by atoms with Crippen LogP contribution in [0.2, 0.25) is 0 Å². The van der Waals surface area contributed by atoms with E-state index in [2.05, 4.69) is 20.9 Å². The van der Waals surface area contributed by atoms with Crippen LogP contribution in [-0.2, 0) is 9.53 Å². The Morgan fingerprint density at radius 3 is 2.74 bits per heavy atom. The molecule has 8 heteroatoms. The van der Waals surface area contributed by atoms with Crippen molar-refractivity contribution < 1.29 is 19.1 Å². The second kappa shape index (κ2) is 10.2. The predicted octanol–water partition coefficient (Wildman–Crippen LogP) is 5.65. The van der Waals surface area contributed by atoms with Gasteiger partial charge in [-0.3, -0.25) is 9.69 Å². The summed E-state index contributed by atoms with van der Waals surface area (Å²) in [5.74, 6) is 0.149. The van der Waals surface area contributed by atoms with E-state index in [4.69, 9.17) is 9.47 Å². The van der Waals surface area contributed by atoms with Crippen LogP contribution in [0.15, 0.2) is 56.8 Å². The highest BCUT2D eigenvalue weighted by molar-refractivity contribution is 9.10. The molecule has 0 spiro atoms. The largest absolute Gasteiger partial charge is 0.490 e. The Morgan fingerprint density at radius 1 is 1.26 bits per heavy atom. The summed E-state index contributed by atoms with van der Waals surface area (Å²) in [4.78, 5) is 31.4. The molecule has 31 heavy (non-hydrogen) atoms. The van der Waals surface area contributed by atoms with Gasteiger partial charge in [-0.25, -0.2) is 9.79 Å². The van der Waals surface area contributed by atoms with Gasteiger partial charge >= 0.3 is 5.97 Å². The third-order valence-electron chi connectivity index (χ3n) is 4.21. The predicted molar refractivity (Wildman–Crippen MR) is 128 cm³/mol. The number of hydrogen-bond donors (Lipinski definition) is 0. The standard InChI is InChI=1S/C23H23BrN2O4S/c1-5-29-22(28)15-7-6-8-18(12-15)25-23-26(4)21(27)20(31-23)13-16-11-17(24)9-10-19(16)30-14(2)3/h6-14H,5H2,1-4H3. The number of thioether (sulfide) groups is 1. The van der Waals surface area contributed by atoms with Crippen molar-refractivity contribution in [2.45, 2.75) is 26.9 Å². The number of carbonyl (C=O) groups excluding carboxylic acids is 2. The average molecular weight is 503 g/mol. The summed E-state index contributed by atoms with van der Waals surface area (Å²) < 4.78 is 11.8. The minimum atomic E-state index is -0.402. The number of nitrogens with zero attached hydrogens (tertiary/aromatic N) is 2. The highest BCUT2D eigenvalue weighted by Crippen LogP contribution is 2.35. The van der Waals surface area contributed by atoms with Crippen LogP contribution in [0.1, 0.15) is 36.7 Å². The Hall–Kier alpha value is -2.58. The van der Waals surface area contributed by atoms with Crippen molar-refractivity contribution in [1.82, 2.24) is 4.90 Å². The van der Waals surface area contributed by atoms with E-state index in [1.807, 2.05) is 38.1 Å². The molecular weight excluding hydrogens is 480 g/mol. The van der Waals surface area contributed by atoms with Crippen LogP contribution in [0.3, 0.4) is 0 Å². The third kappa shape index (κ3) is 5.77. The lowest BCUT2D eigenvalue weighted by atomic mass is 10.2. The molecule has 6 nitrogen and oxygen atoms in total. The first kappa shape index (κ1) is 23.1. The topological polar surface area (TPSA) is 68.2 Å². The summed E-state index contributed by atoms with van der Waals surface area (Å²) in [6, 6.07) is 12.5. The number of rotatable bonds is 6. The normalized spacial score (nSPS) is 16.5. The number of aliphatic imine (C=N–C) groups is 1. The van der Waals surface area contributed by atoms with Crippen molar-refractivity contribution in [3.05, 3.63) is 63.0 Å². The van der Waals surface area contributed by atoms with E-state index >= 15 is 0 Å². The summed E-state index contributed by atoms with van der Waals surface area (Å²) in [6.45, 7) is 5.97. The number of halogens is 1. The number of amidine groups is 1. The molecule has 0 aromatic heterocycles. The molecule has 2 aromatic rings. The molecule has 1 fully saturated rings. The van der Waals surface area contributed by atoms with E-state index in [-0.39, 0.29) is 12.0 Å². The first-order valence-electron chi connectivity index (χ1n) is 9.78. The van der Waals surface area contributed by atoms with Gasteiger partial charge in [0.1, 0.15) is 5.75 Å². The number of hydrogen-bond acceptors (Lipinski definition) is 6. The lowest BCUT2D eigenvalue weighted by Gasteiger charge is -2.13. The highest BCUT2D eigenvalue weighted by Gasteiger charge is 2.30. The second-order valence-electron chi connectivity index (χ2n) is 6.99. The molecule has 1 aliphatic heterocycles. The van der Waals surface area contributed by atoms with E-state index in [1.165, 1.54) is 16.7 Å². The van der Waals surface area contributed by atoms with E-state index in [0.717, 1.165) is 10.0 Å². The number of ether oxygens (including phenoxy) is 2. The zero-order valence-corrected chi connectivity index (χ0v) is 20.1. The number of benzene rings is 2. The van der Waals surface area contributed by atoms with Gasteiger partial charge in [0, 0.05) is 17.1 Å². The lowest BCUT2D eigenvalue weighted by molar-refractivity contribution is -0.121. The zero-order chi connectivity index (χ0) is 22.5. The summed E-state index contributed by atoms with van der Waals surface area (Å²) in [5.41, 5.74) is 1.79. The van der Waals surface area contributed by atoms with Gasteiger partial charge in [0.2, 0.25) is 0 Å². The molecular formula is C23H23BrN2O4S. The zero-order valence-electron chi connectivity index (χ0n) is 17.7.